The molecule has 2 atom stereocenters. The number of carbonyl (C=O) groups is 2. The predicted octanol–water partition coefficient (Wildman–Crippen LogP) is 1.07. The van der Waals surface area contributed by atoms with Gasteiger partial charge in [-0.2, -0.15) is 5.10 Å². The Labute approximate surface area is 133 Å². The lowest BCUT2D eigenvalue weighted by Gasteiger charge is -2.27. The first-order chi connectivity index (χ1) is 11.0. The number of hydrogen-bond acceptors (Lipinski definition) is 4. The molecule has 2 aliphatic heterocycles. The summed E-state index contributed by atoms with van der Waals surface area (Å²) in [6.45, 7) is 0.206. The van der Waals surface area contributed by atoms with Crippen molar-refractivity contribution in [3.63, 3.8) is 0 Å². The number of aliphatic hydroxyl groups excluding tert-OH is 1. The van der Waals surface area contributed by atoms with Crippen molar-refractivity contribution in [3.8, 4) is 0 Å². The van der Waals surface area contributed by atoms with Crippen LogP contribution in [0.15, 0.2) is 29.4 Å². The summed E-state index contributed by atoms with van der Waals surface area (Å²) in [5.74, 6) is -0.754. The van der Waals surface area contributed by atoms with Crippen molar-refractivity contribution in [3.05, 3.63) is 35.6 Å². The van der Waals surface area contributed by atoms with Gasteiger partial charge in [0, 0.05) is 26.4 Å². The predicted molar refractivity (Wildman–Crippen MR) is 80.9 cm³/mol. The summed E-state index contributed by atoms with van der Waals surface area (Å²) in [4.78, 5) is 25.7. The second kappa shape index (κ2) is 6.08. The fourth-order valence-corrected chi connectivity index (χ4v) is 3.03. The Morgan fingerprint density at radius 3 is 2.65 bits per heavy atom. The van der Waals surface area contributed by atoms with Crippen LogP contribution in [0, 0.1) is 5.82 Å². The summed E-state index contributed by atoms with van der Waals surface area (Å²) in [6, 6.07) is 5.61. The standard InChI is InChI=1S/C16H18FN3O3/c1-19-15(22)7-6-13(18-19)16(23)20-9-12(21)8-14(20)10-2-4-11(17)5-3-10/h2-5,12,14,21H,6-9H2,1H3/t12-,14+/m1/s1. The largest absolute Gasteiger partial charge is 0.391 e. The maximum atomic E-state index is 13.1. The Kier molecular flexibility index (Phi) is 4.12. The summed E-state index contributed by atoms with van der Waals surface area (Å²) in [5, 5.41) is 15.2. The van der Waals surface area contributed by atoms with Crippen molar-refractivity contribution < 1.29 is 19.1 Å². The molecule has 2 aliphatic rings. The van der Waals surface area contributed by atoms with E-state index in [1.807, 2.05) is 0 Å². The van der Waals surface area contributed by atoms with Crippen LogP contribution < -0.4 is 0 Å². The van der Waals surface area contributed by atoms with E-state index >= 15 is 0 Å². The van der Waals surface area contributed by atoms with Gasteiger partial charge in [-0.3, -0.25) is 9.59 Å². The molecule has 7 heteroatoms. The molecule has 6 nitrogen and oxygen atoms in total. The molecule has 1 saturated heterocycles. The van der Waals surface area contributed by atoms with Crippen molar-refractivity contribution >= 4 is 17.5 Å². The lowest BCUT2D eigenvalue weighted by molar-refractivity contribution is -0.130. The molecule has 122 valence electrons. The topological polar surface area (TPSA) is 73.2 Å². The Bertz CT molecular complexity index is 659. The SMILES string of the molecule is CN1N=C(C(=O)N2C[C@H](O)C[C@H]2c2ccc(F)cc2)CCC1=O. The summed E-state index contributed by atoms with van der Waals surface area (Å²) in [5.41, 5.74) is 1.09. The van der Waals surface area contributed by atoms with Crippen LogP contribution in [0.25, 0.3) is 0 Å². The molecule has 0 radical (unpaired) electrons. The maximum absolute atomic E-state index is 13.1. The smallest absolute Gasteiger partial charge is 0.270 e. The number of likely N-dealkylation sites (tertiary alicyclic amines) is 1. The van der Waals surface area contributed by atoms with Gasteiger partial charge in [0.15, 0.2) is 0 Å². The van der Waals surface area contributed by atoms with Crippen LogP contribution in [0.2, 0.25) is 0 Å². The van der Waals surface area contributed by atoms with Crippen molar-refractivity contribution in [1.29, 1.82) is 0 Å². The number of halogens is 1. The van der Waals surface area contributed by atoms with Gasteiger partial charge in [0.1, 0.15) is 11.5 Å². The Morgan fingerprint density at radius 2 is 2.00 bits per heavy atom. The molecule has 0 aromatic heterocycles. The van der Waals surface area contributed by atoms with Crippen LogP contribution in [0.4, 0.5) is 4.39 Å². The normalized spacial score (nSPS) is 24.8. The molecule has 1 aromatic carbocycles. The Balaban J connectivity index is 1.85. The maximum Gasteiger partial charge on any atom is 0.270 e. The minimum Gasteiger partial charge on any atom is -0.391 e. The number of nitrogens with zero attached hydrogens (tertiary/aromatic N) is 3. The van der Waals surface area contributed by atoms with E-state index in [4.69, 9.17) is 0 Å². The molecule has 1 aromatic rings. The van der Waals surface area contributed by atoms with Gasteiger partial charge in [-0.25, -0.2) is 9.40 Å². The Hall–Kier alpha value is -2.28. The van der Waals surface area contributed by atoms with Gasteiger partial charge in [0.05, 0.1) is 12.1 Å². The Morgan fingerprint density at radius 1 is 1.30 bits per heavy atom. The van der Waals surface area contributed by atoms with Crippen molar-refractivity contribution in [2.45, 2.75) is 31.4 Å². The first-order valence-electron chi connectivity index (χ1n) is 7.54. The quantitative estimate of drug-likeness (QED) is 0.886. The third-order valence-corrected chi connectivity index (χ3v) is 4.25. The van der Waals surface area contributed by atoms with Gasteiger partial charge in [-0.1, -0.05) is 12.1 Å². The molecule has 0 bridgehead atoms. The third kappa shape index (κ3) is 3.10. The highest BCUT2D eigenvalue weighted by molar-refractivity contribution is 6.39. The monoisotopic (exact) mass is 319 g/mol. The van der Waals surface area contributed by atoms with Gasteiger partial charge >= 0.3 is 0 Å². The molecule has 0 saturated carbocycles. The summed E-state index contributed by atoms with van der Waals surface area (Å²) < 4.78 is 13.1. The van der Waals surface area contributed by atoms with E-state index in [1.54, 1.807) is 17.0 Å². The molecule has 1 N–H and O–H groups in total. The second-order valence-electron chi connectivity index (χ2n) is 5.88. The first kappa shape index (κ1) is 15.6. The van der Waals surface area contributed by atoms with Crippen LogP contribution in [0.1, 0.15) is 30.9 Å². The van der Waals surface area contributed by atoms with E-state index in [1.165, 1.54) is 24.2 Å². The molecule has 1 fully saturated rings. The molecule has 0 spiro atoms. The fraction of sp³-hybridized carbons (Fsp3) is 0.438. The van der Waals surface area contributed by atoms with E-state index in [2.05, 4.69) is 5.10 Å². The zero-order chi connectivity index (χ0) is 16.6. The fourth-order valence-electron chi connectivity index (χ4n) is 3.03. The third-order valence-electron chi connectivity index (χ3n) is 4.25. The number of carbonyl (C=O) groups excluding carboxylic acids is 2. The lowest BCUT2D eigenvalue weighted by Crippen LogP contribution is -2.40. The van der Waals surface area contributed by atoms with Crippen LogP contribution in [0.3, 0.4) is 0 Å². The van der Waals surface area contributed by atoms with E-state index < -0.39 is 6.10 Å². The van der Waals surface area contributed by atoms with Gasteiger partial charge in [-0.15, -0.1) is 0 Å². The molecular weight excluding hydrogens is 301 g/mol. The summed E-state index contributed by atoms with van der Waals surface area (Å²) in [6.07, 6.45) is 0.320. The molecule has 0 unspecified atom stereocenters. The molecule has 2 heterocycles. The highest BCUT2D eigenvalue weighted by atomic mass is 19.1. The van der Waals surface area contributed by atoms with Crippen molar-refractivity contribution in [2.24, 2.45) is 5.10 Å². The molecule has 3 rings (SSSR count). The number of hydrazone groups is 1. The number of benzene rings is 1. The highest BCUT2D eigenvalue weighted by Gasteiger charge is 2.38. The van der Waals surface area contributed by atoms with Gasteiger partial charge in [0.2, 0.25) is 5.91 Å². The number of β-amino-alcohol motifs (C(OH)–C–C–N with tert-alkyl or cyclic N) is 1. The zero-order valence-corrected chi connectivity index (χ0v) is 12.8. The minimum absolute atomic E-state index is 0.127. The van der Waals surface area contributed by atoms with Gasteiger partial charge < -0.3 is 10.0 Å². The van der Waals surface area contributed by atoms with Crippen molar-refractivity contribution in [2.75, 3.05) is 13.6 Å². The molecule has 23 heavy (non-hydrogen) atoms. The van der Waals surface area contributed by atoms with Gasteiger partial charge in [0.25, 0.3) is 5.91 Å². The number of rotatable bonds is 2. The van der Waals surface area contributed by atoms with Crippen molar-refractivity contribution in [1.82, 2.24) is 9.91 Å². The van der Waals surface area contributed by atoms with Crippen LogP contribution in [0.5, 0.6) is 0 Å². The molecular formula is C16H18FN3O3. The van der Waals surface area contributed by atoms with Crippen LogP contribution in [-0.4, -0.2) is 52.2 Å². The first-order valence-corrected chi connectivity index (χ1v) is 7.54. The second-order valence-corrected chi connectivity index (χ2v) is 5.88. The van der Waals surface area contributed by atoms with E-state index in [0.29, 0.717) is 18.6 Å². The number of hydrogen-bond donors (Lipinski definition) is 1. The number of amides is 2. The number of aliphatic hydroxyl groups is 1. The summed E-state index contributed by atoms with van der Waals surface area (Å²) in [7, 11) is 1.52. The lowest BCUT2D eigenvalue weighted by atomic mass is 10.0. The highest BCUT2D eigenvalue weighted by Crippen LogP contribution is 2.33. The average Bonchev–Trinajstić information content (AvgIpc) is 2.92. The van der Waals surface area contributed by atoms with Crippen LogP contribution in [-0.2, 0) is 9.59 Å². The minimum atomic E-state index is -0.627. The van der Waals surface area contributed by atoms with E-state index in [0.717, 1.165) is 5.56 Å². The summed E-state index contributed by atoms with van der Waals surface area (Å²) >= 11 is 0. The van der Waals surface area contributed by atoms with Gasteiger partial charge in [-0.05, 0) is 24.1 Å². The molecule has 2 amide bonds. The van der Waals surface area contributed by atoms with E-state index in [9.17, 15) is 19.1 Å². The van der Waals surface area contributed by atoms with Crippen LogP contribution >= 0.6 is 0 Å². The molecule has 0 aliphatic carbocycles. The zero-order valence-electron chi connectivity index (χ0n) is 12.8. The average molecular weight is 319 g/mol. The van der Waals surface area contributed by atoms with E-state index in [-0.39, 0.29) is 36.6 Å².